The highest BCUT2D eigenvalue weighted by molar-refractivity contribution is 6.56. The number of aliphatic hydroxyl groups is 2. The van der Waals surface area contributed by atoms with Gasteiger partial charge in [-0.25, -0.2) is 0 Å². The van der Waals surface area contributed by atoms with Crippen LogP contribution in [0.4, 0.5) is 0 Å². The van der Waals surface area contributed by atoms with Crippen molar-refractivity contribution in [1.29, 1.82) is 0 Å². The largest absolute Gasteiger partial charge is 0.353 e. The fourth-order valence-electron chi connectivity index (χ4n) is 1.51. The molecule has 2 rings (SSSR count). The van der Waals surface area contributed by atoms with Gasteiger partial charge in [0.1, 0.15) is 0 Å². The second-order valence-electron chi connectivity index (χ2n) is 3.34. The number of fused-ring (bicyclic) bond motifs is 1. The number of hydrogen-bond donors (Lipinski definition) is 2. The zero-order chi connectivity index (χ0) is 13.1. The van der Waals surface area contributed by atoms with Crippen molar-refractivity contribution >= 4 is 58.0 Å². The van der Waals surface area contributed by atoms with E-state index >= 15 is 0 Å². The molecule has 0 atom stereocenters. The highest BCUT2D eigenvalue weighted by Crippen LogP contribution is 2.46. The summed E-state index contributed by atoms with van der Waals surface area (Å²) in [6, 6.07) is 0. The van der Waals surface area contributed by atoms with Crippen LogP contribution in [-0.2, 0) is 0 Å². The van der Waals surface area contributed by atoms with Gasteiger partial charge in [-0.05, 0) is 0 Å². The summed E-state index contributed by atoms with van der Waals surface area (Å²) in [5.41, 5.74) is -0.859. The van der Waals surface area contributed by atoms with E-state index in [1.54, 1.807) is 0 Å². The molecule has 4 nitrogen and oxygen atoms in total. The molecule has 1 aliphatic carbocycles. The molecule has 90 valence electrons. The number of carbonyl (C=O) groups excluding carboxylic acids is 2. The first-order valence-corrected chi connectivity index (χ1v) is 5.62. The van der Waals surface area contributed by atoms with Crippen LogP contribution in [-0.4, -0.2) is 27.6 Å². The van der Waals surface area contributed by atoms with E-state index in [2.05, 4.69) is 0 Å². The highest BCUT2D eigenvalue weighted by Gasteiger charge is 2.54. The molecule has 0 heterocycles. The van der Waals surface area contributed by atoms with Crippen LogP contribution in [0.5, 0.6) is 0 Å². The van der Waals surface area contributed by atoms with Gasteiger partial charge in [-0.1, -0.05) is 46.4 Å². The van der Waals surface area contributed by atoms with E-state index in [9.17, 15) is 19.8 Å². The number of rotatable bonds is 0. The quantitative estimate of drug-likeness (QED) is 0.333. The third-order valence-electron chi connectivity index (χ3n) is 2.35. The van der Waals surface area contributed by atoms with Crippen molar-refractivity contribution in [2.75, 3.05) is 0 Å². The second-order valence-corrected chi connectivity index (χ2v) is 4.85. The van der Waals surface area contributed by atoms with E-state index in [1.807, 2.05) is 0 Å². The molecule has 0 aromatic heterocycles. The third kappa shape index (κ3) is 1.53. The molecule has 1 aliphatic rings. The fraction of sp³-hybridized carbons (Fsp3) is 0.111. The first-order chi connectivity index (χ1) is 7.71. The summed E-state index contributed by atoms with van der Waals surface area (Å²) in [5, 5.41) is 17.6. The summed E-state index contributed by atoms with van der Waals surface area (Å²) in [7, 11) is 0. The van der Waals surface area contributed by atoms with Gasteiger partial charge in [-0.3, -0.25) is 9.59 Å². The average molecular weight is 316 g/mol. The Hall–Kier alpha value is -0.360. The first-order valence-electron chi connectivity index (χ1n) is 4.11. The molecular weight excluding hydrogens is 314 g/mol. The third-order valence-corrected chi connectivity index (χ3v) is 4.16. The topological polar surface area (TPSA) is 74.6 Å². The molecule has 0 saturated carbocycles. The lowest BCUT2D eigenvalue weighted by Crippen LogP contribution is -2.40. The lowest BCUT2D eigenvalue weighted by molar-refractivity contribution is -0.0857. The summed E-state index contributed by atoms with van der Waals surface area (Å²) >= 11 is 22.9. The van der Waals surface area contributed by atoms with Gasteiger partial charge in [0.15, 0.2) is 0 Å². The predicted molar refractivity (Wildman–Crippen MR) is 62.3 cm³/mol. The van der Waals surface area contributed by atoms with Gasteiger partial charge < -0.3 is 10.2 Å². The van der Waals surface area contributed by atoms with E-state index in [-0.39, 0.29) is 20.1 Å². The van der Waals surface area contributed by atoms with Gasteiger partial charge in [0.05, 0.1) is 31.2 Å². The van der Waals surface area contributed by atoms with E-state index in [4.69, 9.17) is 46.4 Å². The Morgan fingerprint density at radius 2 is 1.00 bits per heavy atom. The maximum atomic E-state index is 11.6. The van der Waals surface area contributed by atoms with E-state index in [0.717, 1.165) is 0 Å². The molecule has 8 heteroatoms. The molecule has 0 saturated heterocycles. The molecule has 0 spiro atoms. The molecule has 0 aliphatic heterocycles. The molecule has 2 N–H and O–H groups in total. The summed E-state index contributed by atoms with van der Waals surface area (Å²) in [5.74, 6) is -5.73. The lowest BCUT2D eigenvalue weighted by Gasteiger charge is -2.08. The standard InChI is InChI=1S/C9H2Cl4O4/c10-3-1-2(4(11)6(13)5(3)12)8(15)9(16,17)7(1)14/h16-17H. The van der Waals surface area contributed by atoms with Gasteiger partial charge in [0.25, 0.3) is 5.79 Å². The number of carbonyl (C=O) groups is 2. The summed E-state index contributed by atoms with van der Waals surface area (Å²) in [6.07, 6.45) is 0. The van der Waals surface area contributed by atoms with Crippen molar-refractivity contribution in [1.82, 2.24) is 0 Å². The SMILES string of the molecule is O=C1c2c(Cl)c(Cl)c(Cl)c(Cl)c2C(=O)C1(O)O. The minimum atomic E-state index is -3.18. The second kappa shape index (κ2) is 3.82. The Morgan fingerprint density at radius 3 is 1.29 bits per heavy atom. The normalized spacial score (nSPS) is 17.5. The van der Waals surface area contributed by atoms with Gasteiger partial charge in [0.2, 0.25) is 11.6 Å². The molecule has 0 unspecified atom stereocenters. The minimum absolute atomic E-state index is 0.226. The van der Waals surface area contributed by atoms with Gasteiger partial charge in [0, 0.05) is 0 Å². The molecule has 1 aromatic carbocycles. The van der Waals surface area contributed by atoms with Gasteiger partial charge in [-0.15, -0.1) is 0 Å². The van der Waals surface area contributed by atoms with Gasteiger partial charge >= 0.3 is 0 Å². The van der Waals surface area contributed by atoms with Crippen LogP contribution in [0.3, 0.4) is 0 Å². The first kappa shape index (κ1) is 13.1. The van der Waals surface area contributed by atoms with Crippen LogP contribution in [0.1, 0.15) is 20.7 Å². The summed E-state index contributed by atoms with van der Waals surface area (Å²) in [4.78, 5) is 23.2. The summed E-state index contributed by atoms with van der Waals surface area (Å²) in [6.45, 7) is 0. The van der Waals surface area contributed by atoms with Gasteiger partial charge in [-0.2, -0.15) is 0 Å². The molecule has 17 heavy (non-hydrogen) atoms. The van der Waals surface area contributed by atoms with Crippen LogP contribution in [0.2, 0.25) is 20.1 Å². The molecule has 1 aromatic rings. The molecule has 0 fully saturated rings. The molecule has 0 radical (unpaired) electrons. The Kier molecular flexibility index (Phi) is 2.94. The Balaban J connectivity index is 2.94. The van der Waals surface area contributed by atoms with Crippen molar-refractivity contribution in [2.24, 2.45) is 0 Å². The number of benzene rings is 1. The highest BCUT2D eigenvalue weighted by atomic mass is 35.5. The molecular formula is C9H2Cl4O4. The number of Topliss-reactive ketones (excluding diaryl/α,β-unsaturated/α-hetero) is 2. The van der Waals surface area contributed by atoms with Crippen molar-refractivity contribution in [3.8, 4) is 0 Å². The zero-order valence-electron chi connectivity index (χ0n) is 7.72. The minimum Gasteiger partial charge on any atom is -0.353 e. The van der Waals surface area contributed by atoms with Crippen molar-refractivity contribution < 1.29 is 19.8 Å². The molecule has 0 amide bonds. The van der Waals surface area contributed by atoms with Crippen molar-refractivity contribution in [3.05, 3.63) is 31.2 Å². The maximum absolute atomic E-state index is 11.6. The maximum Gasteiger partial charge on any atom is 0.295 e. The number of hydrogen-bond acceptors (Lipinski definition) is 4. The molecule has 0 bridgehead atoms. The fourth-order valence-corrected chi connectivity index (χ4v) is 2.53. The van der Waals surface area contributed by atoms with Crippen LogP contribution in [0.15, 0.2) is 0 Å². The Bertz CT molecular complexity index is 530. The lowest BCUT2D eigenvalue weighted by atomic mass is 10.1. The van der Waals surface area contributed by atoms with E-state index < -0.39 is 28.5 Å². The Morgan fingerprint density at radius 1 is 0.706 bits per heavy atom. The summed E-state index contributed by atoms with van der Waals surface area (Å²) < 4.78 is 0. The smallest absolute Gasteiger partial charge is 0.295 e. The average Bonchev–Trinajstić information content (AvgIpc) is 2.45. The number of halogens is 4. The van der Waals surface area contributed by atoms with E-state index in [0.29, 0.717) is 0 Å². The van der Waals surface area contributed by atoms with E-state index in [1.165, 1.54) is 0 Å². The predicted octanol–water partition coefficient (Wildman–Crippen LogP) is 2.36. The van der Waals surface area contributed by atoms with Crippen LogP contribution in [0.25, 0.3) is 0 Å². The van der Waals surface area contributed by atoms with Crippen LogP contribution in [0, 0.1) is 0 Å². The Labute approximate surface area is 115 Å². The van der Waals surface area contributed by atoms with Crippen molar-refractivity contribution in [3.63, 3.8) is 0 Å². The van der Waals surface area contributed by atoms with Crippen molar-refractivity contribution in [2.45, 2.75) is 5.79 Å². The van der Waals surface area contributed by atoms with Crippen LogP contribution >= 0.6 is 46.4 Å². The van der Waals surface area contributed by atoms with Crippen LogP contribution < -0.4 is 0 Å². The number of ketones is 2. The zero-order valence-corrected chi connectivity index (χ0v) is 10.7. The monoisotopic (exact) mass is 314 g/mol.